The third kappa shape index (κ3) is 6.19. The molecule has 1 saturated carbocycles. The van der Waals surface area contributed by atoms with Gasteiger partial charge in [0.25, 0.3) is 0 Å². The van der Waals surface area contributed by atoms with Crippen LogP contribution in [-0.4, -0.2) is 22.2 Å². The molecule has 0 bridgehead atoms. The van der Waals surface area contributed by atoms with Crippen molar-refractivity contribution in [1.29, 1.82) is 0 Å². The first-order chi connectivity index (χ1) is 18.7. The van der Waals surface area contributed by atoms with Crippen LogP contribution in [0.15, 0.2) is 54.6 Å². The van der Waals surface area contributed by atoms with E-state index in [-0.39, 0.29) is 23.7 Å². The van der Waals surface area contributed by atoms with Gasteiger partial charge in [0.15, 0.2) is 0 Å². The minimum Gasteiger partial charge on any atom is -0.381 e. The molecule has 3 aromatic rings. The van der Waals surface area contributed by atoms with Gasteiger partial charge in [-0.1, -0.05) is 55.6 Å². The molecule has 2 amide bonds. The number of alkyl halides is 2. The summed E-state index contributed by atoms with van der Waals surface area (Å²) in [5.41, 5.74) is 4.86. The van der Waals surface area contributed by atoms with Gasteiger partial charge in [0, 0.05) is 44.1 Å². The fraction of sp³-hybridized carbons (Fsp3) is 0.333. The van der Waals surface area contributed by atoms with E-state index < -0.39 is 16.2 Å². The van der Waals surface area contributed by atoms with Gasteiger partial charge in [-0.25, -0.2) is 0 Å². The minimum atomic E-state index is -1.30. The third-order valence-electron chi connectivity index (χ3n) is 7.43. The molecule has 3 unspecified atom stereocenters. The van der Waals surface area contributed by atoms with Crippen LogP contribution in [0.4, 0.5) is 17.1 Å². The number of amides is 2. The molecule has 5 rings (SSSR count). The average molecular weight is 640 g/mol. The quantitative estimate of drug-likeness (QED) is 0.236. The lowest BCUT2D eigenvalue weighted by molar-refractivity contribution is -0.117. The molecule has 40 heavy (non-hydrogen) atoms. The Morgan fingerprint density at radius 3 is 2.25 bits per heavy atom. The molecule has 210 valence electrons. The molecule has 1 aliphatic carbocycles. The molecule has 1 fully saturated rings. The van der Waals surface area contributed by atoms with Crippen LogP contribution in [0.3, 0.4) is 0 Å². The highest BCUT2D eigenvalue weighted by molar-refractivity contribution is 6.53. The predicted octanol–water partition coefficient (Wildman–Crippen LogP) is 8.74. The molecular weight excluding hydrogens is 612 g/mol. The molecule has 0 radical (unpaired) electrons. The summed E-state index contributed by atoms with van der Waals surface area (Å²) in [6.07, 6.45) is 0.929. The second-order valence-corrected chi connectivity index (χ2v) is 14.2. The Labute approximate surface area is 258 Å². The number of rotatable bonds is 6. The highest BCUT2D eigenvalue weighted by Gasteiger charge is 2.67. The zero-order chi connectivity index (χ0) is 29.0. The molecule has 2 aliphatic rings. The number of anilines is 3. The zero-order valence-corrected chi connectivity index (χ0v) is 25.8. The SMILES string of the molecule is CC(C)(C)C1Cc2cc(NC(=O)Cc3cc(NC(=O)C4C(c5cc(Cl)cc(Cl)c5)C4(Cl)Cl)ccc3Cl)ccc2N1. The van der Waals surface area contributed by atoms with Crippen LogP contribution in [-0.2, 0) is 22.4 Å². The number of carbonyl (C=O) groups excluding carboxylic acids is 2. The maximum atomic E-state index is 13.1. The molecule has 0 spiro atoms. The second kappa shape index (κ2) is 10.9. The molecule has 0 saturated heterocycles. The van der Waals surface area contributed by atoms with Crippen molar-refractivity contribution in [3.8, 4) is 0 Å². The fourth-order valence-electron chi connectivity index (χ4n) is 5.17. The van der Waals surface area contributed by atoms with Crippen LogP contribution in [0.1, 0.15) is 43.4 Å². The van der Waals surface area contributed by atoms with E-state index in [2.05, 4.69) is 36.7 Å². The van der Waals surface area contributed by atoms with E-state index in [1.54, 1.807) is 36.4 Å². The predicted molar refractivity (Wildman–Crippen MR) is 167 cm³/mol. The Balaban J connectivity index is 1.24. The number of carbonyl (C=O) groups is 2. The molecule has 0 aromatic heterocycles. The fourth-order valence-corrected chi connectivity index (χ4v) is 6.73. The molecule has 5 nitrogen and oxygen atoms in total. The zero-order valence-electron chi connectivity index (χ0n) is 22.0. The lowest BCUT2D eigenvalue weighted by atomic mass is 9.85. The van der Waals surface area contributed by atoms with Crippen molar-refractivity contribution in [2.45, 2.75) is 49.9 Å². The van der Waals surface area contributed by atoms with Gasteiger partial charge in [0.2, 0.25) is 11.8 Å². The van der Waals surface area contributed by atoms with E-state index in [9.17, 15) is 9.59 Å². The first-order valence-electron chi connectivity index (χ1n) is 12.8. The maximum absolute atomic E-state index is 13.1. The first-order valence-corrected chi connectivity index (χ1v) is 14.7. The van der Waals surface area contributed by atoms with E-state index in [1.165, 1.54) is 5.56 Å². The summed E-state index contributed by atoms with van der Waals surface area (Å²) in [7, 11) is 0. The van der Waals surface area contributed by atoms with E-state index in [0.29, 0.717) is 37.9 Å². The normalized spacial score (nSPS) is 20.9. The van der Waals surface area contributed by atoms with Gasteiger partial charge >= 0.3 is 0 Å². The number of hydrogen-bond donors (Lipinski definition) is 3. The van der Waals surface area contributed by atoms with E-state index in [1.807, 2.05) is 18.2 Å². The van der Waals surface area contributed by atoms with Gasteiger partial charge in [0.05, 0.1) is 12.3 Å². The lowest BCUT2D eigenvalue weighted by Gasteiger charge is -2.27. The van der Waals surface area contributed by atoms with Crippen LogP contribution in [0.5, 0.6) is 0 Å². The monoisotopic (exact) mass is 637 g/mol. The first kappa shape index (κ1) is 29.3. The van der Waals surface area contributed by atoms with E-state index in [4.69, 9.17) is 58.0 Å². The van der Waals surface area contributed by atoms with Crippen molar-refractivity contribution in [3.05, 3.63) is 86.4 Å². The van der Waals surface area contributed by atoms with E-state index in [0.717, 1.165) is 17.8 Å². The highest BCUT2D eigenvalue weighted by Crippen LogP contribution is 2.65. The Bertz CT molecular complexity index is 1480. The standard InChI is InChI=1S/C30H28Cl5N3O2/c1-29(2,3)24-12-16-11-20(5-7-23(16)38-24)36-25(39)13-15-10-21(4-6-22(15)33)37-28(40)27-26(30(27,34)35)17-8-18(31)14-19(32)9-17/h4-11,14,24,26-27,38H,12-13H2,1-3H3,(H,36,39)(H,37,40). The molecular formula is C30H28Cl5N3O2. The lowest BCUT2D eigenvalue weighted by Crippen LogP contribution is -2.31. The van der Waals surface area contributed by atoms with Crippen molar-refractivity contribution < 1.29 is 9.59 Å². The topological polar surface area (TPSA) is 70.2 Å². The third-order valence-corrected chi connectivity index (χ3v) is 9.18. The van der Waals surface area contributed by atoms with Gasteiger partial charge in [0.1, 0.15) is 4.33 Å². The Morgan fingerprint density at radius 2 is 1.57 bits per heavy atom. The largest absolute Gasteiger partial charge is 0.381 e. The summed E-state index contributed by atoms with van der Waals surface area (Å²) in [5.74, 6) is -1.75. The smallest absolute Gasteiger partial charge is 0.231 e. The number of benzene rings is 3. The van der Waals surface area contributed by atoms with E-state index >= 15 is 0 Å². The van der Waals surface area contributed by atoms with Crippen LogP contribution >= 0.6 is 58.0 Å². The summed E-state index contributed by atoms with van der Waals surface area (Å²) >= 11 is 31.6. The summed E-state index contributed by atoms with van der Waals surface area (Å²) in [5, 5.41) is 10.7. The summed E-state index contributed by atoms with van der Waals surface area (Å²) < 4.78 is -1.30. The van der Waals surface area contributed by atoms with Crippen LogP contribution in [0, 0.1) is 11.3 Å². The Morgan fingerprint density at radius 1 is 0.925 bits per heavy atom. The van der Waals surface area contributed by atoms with Crippen molar-refractivity contribution in [3.63, 3.8) is 0 Å². The second-order valence-electron chi connectivity index (χ2n) is 11.5. The number of hydrogen-bond acceptors (Lipinski definition) is 3. The Hall–Kier alpha value is -2.15. The van der Waals surface area contributed by atoms with Crippen molar-refractivity contribution in [1.82, 2.24) is 0 Å². The minimum absolute atomic E-state index is 0.0323. The number of halogens is 5. The average Bonchev–Trinajstić information content (AvgIpc) is 3.18. The Kier molecular flexibility index (Phi) is 8.01. The molecule has 1 aliphatic heterocycles. The van der Waals surface area contributed by atoms with Gasteiger partial charge in [-0.2, -0.15) is 0 Å². The van der Waals surface area contributed by atoms with Crippen molar-refractivity contribution in [2.24, 2.45) is 11.3 Å². The van der Waals surface area contributed by atoms with Crippen molar-refractivity contribution in [2.75, 3.05) is 16.0 Å². The van der Waals surface area contributed by atoms with Gasteiger partial charge in [-0.05, 0) is 83.1 Å². The summed E-state index contributed by atoms with van der Waals surface area (Å²) in [6.45, 7) is 6.62. The molecule has 3 N–H and O–H groups in total. The van der Waals surface area contributed by atoms with Crippen molar-refractivity contribution >= 4 is 86.9 Å². The molecule has 10 heteroatoms. The highest BCUT2D eigenvalue weighted by atomic mass is 35.5. The number of nitrogens with one attached hydrogen (secondary N) is 3. The van der Waals surface area contributed by atoms with Crippen LogP contribution in [0.25, 0.3) is 0 Å². The van der Waals surface area contributed by atoms with Gasteiger partial charge in [-0.3, -0.25) is 9.59 Å². The molecule has 1 heterocycles. The van der Waals surface area contributed by atoms with Crippen LogP contribution in [0.2, 0.25) is 15.1 Å². The van der Waals surface area contributed by atoms with Gasteiger partial charge in [-0.15, -0.1) is 23.2 Å². The molecule has 3 aromatic carbocycles. The number of fused-ring (bicyclic) bond motifs is 1. The maximum Gasteiger partial charge on any atom is 0.231 e. The summed E-state index contributed by atoms with van der Waals surface area (Å²) in [4.78, 5) is 26.0. The van der Waals surface area contributed by atoms with Crippen LogP contribution < -0.4 is 16.0 Å². The molecule has 3 atom stereocenters. The van der Waals surface area contributed by atoms with Gasteiger partial charge < -0.3 is 16.0 Å². The summed E-state index contributed by atoms with van der Waals surface area (Å²) in [6, 6.07) is 16.2.